The summed E-state index contributed by atoms with van der Waals surface area (Å²) in [6, 6.07) is 8.14. The van der Waals surface area contributed by atoms with Crippen LogP contribution in [0.1, 0.15) is 12.0 Å². The van der Waals surface area contributed by atoms with Crippen LogP contribution in [0.4, 0.5) is 0 Å². The Morgan fingerprint density at radius 3 is 2.57 bits per heavy atom. The summed E-state index contributed by atoms with van der Waals surface area (Å²) < 4.78 is 5.09. The summed E-state index contributed by atoms with van der Waals surface area (Å²) in [5, 5.41) is 4.43. The number of halogens is 1. The molecule has 0 atom stereocenters. The fourth-order valence-electron chi connectivity index (χ4n) is 1.17. The minimum Gasteiger partial charge on any atom is -0.497 e. The Labute approximate surface area is 93.8 Å². The second-order valence-electron chi connectivity index (χ2n) is 3.07. The fourth-order valence-corrected chi connectivity index (χ4v) is 1.45. The molecule has 1 aromatic carbocycles. The molecule has 0 spiro atoms. The van der Waals surface area contributed by atoms with Crippen molar-refractivity contribution in [2.45, 2.75) is 13.0 Å². The molecule has 0 saturated heterocycles. The molecule has 0 saturated carbocycles. The first-order valence-electron chi connectivity index (χ1n) is 4.76. The summed E-state index contributed by atoms with van der Waals surface area (Å²) in [6.07, 6.45) is 1.16. The zero-order valence-electron chi connectivity index (χ0n) is 8.42. The van der Waals surface area contributed by atoms with Crippen molar-refractivity contribution in [3.8, 4) is 5.75 Å². The number of hydrogen-bond donors (Lipinski definition) is 1. The van der Waals surface area contributed by atoms with Gasteiger partial charge in [-0.15, -0.1) is 0 Å². The van der Waals surface area contributed by atoms with E-state index in [1.807, 2.05) is 12.1 Å². The fraction of sp³-hybridized carbons (Fsp3) is 0.455. The molecule has 0 amide bonds. The normalized spacial score (nSPS) is 10.1. The van der Waals surface area contributed by atoms with Crippen molar-refractivity contribution in [2.24, 2.45) is 0 Å². The second-order valence-corrected chi connectivity index (χ2v) is 3.86. The van der Waals surface area contributed by atoms with E-state index in [0.717, 1.165) is 30.6 Å². The highest BCUT2D eigenvalue weighted by atomic mass is 79.9. The minimum absolute atomic E-state index is 0.911. The van der Waals surface area contributed by atoms with Crippen LogP contribution in [0.5, 0.6) is 5.75 Å². The number of methoxy groups -OCH3 is 1. The predicted molar refractivity (Wildman–Crippen MR) is 63.1 cm³/mol. The van der Waals surface area contributed by atoms with Crippen LogP contribution in [0, 0.1) is 0 Å². The van der Waals surface area contributed by atoms with Crippen molar-refractivity contribution in [1.29, 1.82) is 0 Å². The maximum atomic E-state index is 5.09. The molecule has 0 heterocycles. The van der Waals surface area contributed by atoms with E-state index < -0.39 is 0 Å². The molecule has 0 aromatic heterocycles. The minimum atomic E-state index is 0.911. The number of benzene rings is 1. The summed E-state index contributed by atoms with van der Waals surface area (Å²) in [5.74, 6) is 0.911. The highest BCUT2D eigenvalue weighted by Crippen LogP contribution is 2.10. The Morgan fingerprint density at radius 2 is 2.00 bits per heavy atom. The average Bonchev–Trinajstić information content (AvgIpc) is 2.25. The molecule has 1 aromatic rings. The van der Waals surface area contributed by atoms with Crippen molar-refractivity contribution in [1.82, 2.24) is 5.32 Å². The van der Waals surface area contributed by atoms with E-state index in [0.29, 0.717) is 0 Å². The third kappa shape index (κ3) is 4.11. The zero-order valence-corrected chi connectivity index (χ0v) is 10.0. The van der Waals surface area contributed by atoms with Crippen LogP contribution < -0.4 is 10.1 Å². The lowest BCUT2D eigenvalue weighted by Crippen LogP contribution is -2.14. The lowest BCUT2D eigenvalue weighted by atomic mass is 10.2. The van der Waals surface area contributed by atoms with Crippen LogP contribution >= 0.6 is 15.9 Å². The molecule has 3 heteroatoms. The average molecular weight is 258 g/mol. The summed E-state index contributed by atoms with van der Waals surface area (Å²) in [4.78, 5) is 0. The van der Waals surface area contributed by atoms with Crippen LogP contribution in [0.3, 0.4) is 0 Å². The molecule has 0 unspecified atom stereocenters. The van der Waals surface area contributed by atoms with Gasteiger partial charge in [0.2, 0.25) is 0 Å². The van der Waals surface area contributed by atoms with Gasteiger partial charge >= 0.3 is 0 Å². The Kier molecular flexibility index (Phi) is 5.64. The highest BCUT2D eigenvalue weighted by Gasteiger charge is 1.93. The van der Waals surface area contributed by atoms with E-state index in [-0.39, 0.29) is 0 Å². The predicted octanol–water partition coefficient (Wildman–Crippen LogP) is 2.57. The molecule has 1 N–H and O–H groups in total. The lowest BCUT2D eigenvalue weighted by molar-refractivity contribution is 0.414. The van der Waals surface area contributed by atoms with Crippen LogP contribution in [0.15, 0.2) is 24.3 Å². The van der Waals surface area contributed by atoms with Gasteiger partial charge in [0, 0.05) is 11.9 Å². The van der Waals surface area contributed by atoms with Crippen LogP contribution in [0.2, 0.25) is 0 Å². The van der Waals surface area contributed by atoms with Gasteiger partial charge in [0.25, 0.3) is 0 Å². The lowest BCUT2D eigenvalue weighted by Gasteiger charge is -2.04. The van der Waals surface area contributed by atoms with Crippen LogP contribution in [-0.4, -0.2) is 19.0 Å². The first-order chi connectivity index (χ1) is 6.86. The topological polar surface area (TPSA) is 21.3 Å². The van der Waals surface area contributed by atoms with Gasteiger partial charge in [-0.1, -0.05) is 28.1 Å². The van der Waals surface area contributed by atoms with Crippen molar-refractivity contribution >= 4 is 15.9 Å². The maximum absolute atomic E-state index is 5.09. The van der Waals surface area contributed by atoms with Gasteiger partial charge in [-0.25, -0.2) is 0 Å². The second kappa shape index (κ2) is 6.85. The highest BCUT2D eigenvalue weighted by molar-refractivity contribution is 9.09. The molecule has 0 fully saturated rings. The summed E-state index contributed by atoms with van der Waals surface area (Å²) in [7, 11) is 1.68. The molecular weight excluding hydrogens is 242 g/mol. The van der Waals surface area contributed by atoms with Gasteiger partial charge in [-0.05, 0) is 30.7 Å². The standard InChI is InChI=1S/C11H16BrNO/c1-14-11-5-3-10(4-6-11)9-13-8-2-7-12/h3-6,13H,2,7-9H2,1H3. The van der Waals surface area contributed by atoms with Crippen molar-refractivity contribution in [2.75, 3.05) is 19.0 Å². The van der Waals surface area contributed by atoms with Crippen molar-refractivity contribution in [3.05, 3.63) is 29.8 Å². The van der Waals surface area contributed by atoms with Gasteiger partial charge in [-0.2, -0.15) is 0 Å². The summed E-state index contributed by atoms with van der Waals surface area (Å²) >= 11 is 3.40. The first kappa shape index (κ1) is 11.5. The Balaban J connectivity index is 2.29. The van der Waals surface area contributed by atoms with Crippen molar-refractivity contribution in [3.63, 3.8) is 0 Å². The van der Waals surface area contributed by atoms with Gasteiger partial charge in [0.15, 0.2) is 0 Å². The van der Waals surface area contributed by atoms with Gasteiger partial charge in [0.1, 0.15) is 5.75 Å². The van der Waals surface area contributed by atoms with E-state index in [4.69, 9.17) is 4.74 Å². The van der Waals surface area contributed by atoms with Crippen molar-refractivity contribution < 1.29 is 4.74 Å². The number of alkyl halides is 1. The van der Waals surface area contributed by atoms with Crippen LogP contribution in [0.25, 0.3) is 0 Å². The summed E-state index contributed by atoms with van der Waals surface area (Å²) in [6.45, 7) is 1.98. The molecule has 0 radical (unpaired) electrons. The molecule has 2 nitrogen and oxygen atoms in total. The number of hydrogen-bond acceptors (Lipinski definition) is 2. The largest absolute Gasteiger partial charge is 0.497 e. The summed E-state index contributed by atoms with van der Waals surface area (Å²) in [5.41, 5.74) is 1.29. The zero-order chi connectivity index (χ0) is 10.2. The molecule has 78 valence electrons. The Hall–Kier alpha value is -0.540. The van der Waals surface area contributed by atoms with E-state index >= 15 is 0 Å². The molecule has 0 aliphatic heterocycles. The molecule has 14 heavy (non-hydrogen) atoms. The maximum Gasteiger partial charge on any atom is 0.118 e. The molecular formula is C11H16BrNO. The third-order valence-electron chi connectivity index (χ3n) is 1.98. The Bertz CT molecular complexity index is 248. The Morgan fingerprint density at radius 1 is 1.29 bits per heavy atom. The van der Waals surface area contributed by atoms with E-state index in [1.165, 1.54) is 5.56 Å². The SMILES string of the molecule is COc1ccc(CNCCCBr)cc1. The first-order valence-corrected chi connectivity index (χ1v) is 5.88. The van der Waals surface area contributed by atoms with Crippen LogP contribution in [-0.2, 0) is 6.54 Å². The molecule has 1 rings (SSSR count). The van der Waals surface area contributed by atoms with E-state index in [9.17, 15) is 0 Å². The number of ether oxygens (including phenoxy) is 1. The smallest absolute Gasteiger partial charge is 0.118 e. The molecule has 0 aliphatic rings. The number of rotatable bonds is 6. The van der Waals surface area contributed by atoms with E-state index in [1.54, 1.807) is 7.11 Å². The quantitative estimate of drug-likeness (QED) is 0.625. The van der Waals surface area contributed by atoms with Gasteiger partial charge < -0.3 is 10.1 Å². The van der Waals surface area contributed by atoms with Gasteiger partial charge in [0.05, 0.1) is 7.11 Å². The van der Waals surface area contributed by atoms with Gasteiger partial charge in [-0.3, -0.25) is 0 Å². The monoisotopic (exact) mass is 257 g/mol. The number of nitrogens with one attached hydrogen (secondary N) is 1. The molecule has 0 bridgehead atoms. The molecule has 0 aliphatic carbocycles. The van der Waals surface area contributed by atoms with E-state index in [2.05, 4.69) is 33.4 Å². The third-order valence-corrected chi connectivity index (χ3v) is 2.54.